The molecule has 21 heavy (non-hydrogen) atoms. The average molecular weight is 351 g/mol. The van der Waals surface area contributed by atoms with Crippen molar-refractivity contribution in [3.63, 3.8) is 0 Å². The number of nitrogen functional groups attached to an aromatic ring is 1. The largest absolute Gasteiger partial charge is 0.382 e. The normalized spacial score (nSPS) is 25.0. The molecular weight excluding hydrogens is 334 g/mol. The van der Waals surface area contributed by atoms with Crippen LogP contribution in [0.2, 0.25) is 0 Å². The summed E-state index contributed by atoms with van der Waals surface area (Å²) in [7, 11) is -6.34. The van der Waals surface area contributed by atoms with Crippen LogP contribution in [-0.2, 0) is 19.7 Å². The lowest BCUT2D eigenvalue weighted by Gasteiger charge is -2.11. The highest BCUT2D eigenvalue weighted by molar-refractivity contribution is 7.92. The number of aromatic nitrogens is 1. The van der Waals surface area contributed by atoms with Crippen LogP contribution < -0.4 is 11.1 Å². The smallest absolute Gasteiger partial charge is 0.187 e. The van der Waals surface area contributed by atoms with E-state index in [1.54, 1.807) is 0 Å². The number of nitrogens with zero attached hydrogens (tertiary/aromatic N) is 1. The Bertz CT molecular complexity index is 750. The number of sulfone groups is 2. The molecule has 1 unspecified atom stereocenters. The number of hydrogen-bond acceptors (Lipinski definition) is 8. The van der Waals surface area contributed by atoms with Crippen molar-refractivity contribution in [2.24, 2.45) is 5.92 Å². The van der Waals surface area contributed by atoms with Crippen LogP contribution in [0, 0.1) is 5.92 Å². The van der Waals surface area contributed by atoms with Gasteiger partial charge in [-0.1, -0.05) is 0 Å². The van der Waals surface area contributed by atoms with Crippen molar-refractivity contribution in [1.29, 1.82) is 0 Å². The SMILES string of the molecule is Nc1nsc(NCC2CCS(=O)(=O)C2)c1S(=O)(=O)C1CC1. The number of rotatable bonds is 5. The fourth-order valence-corrected chi connectivity index (χ4v) is 7.25. The second-order valence-corrected chi connectivity index (χ2v) is 10.8. The van der Waals surface area contributed by atoms with Crippen LogP contribution >= 0.6 is 11.5 Å². The second kappa shape index (κ2) is 5.10. The highest BCUT2D eigenvalue weighted by Gasteiger charge is 2.41. The fourth-order valence-electron chi connectivity index (χ4n) is 2.50. The van der Waals surface area contributed by atoms with Crippen LogP contribution in [0.4, 0.5) is 10.8 Å². The molecule has 3 rings (SSSR count). The molecule has 0 amide bonds. The van der Waals surface area contributed by atoms with E-state index in [1.165, 1.54) is 0 Å². The fraction of sp³-hybridized carbons (Fsp3) is 0.727. The molecule has 1 aromatic heterocycles. The average Bonchev–Trinajstić information content (AvgIpc) is 3.10. The molecule has 1 aliphatic carbocycles. The van der Waals surface area contributed by atoms with Gasteiger partial charge in [-0.05, 0) is 36.7 Å². The summed E-state index contributed by atoms with van der Waals surface area (Å²) in [6, 6.07) is 0. The summed E-state index contributed by atoms with van der Waals surface area (Å²) in [4.78, 5) is 0.0934. The van der Waals surface area contributed by atoms with Gasteiger partial charge in [0.2, 0.25) is 0 Å². The van der Waals surface area contributed by atoms with Crippen molar-refractivity contribution in [1.82, 2.24) is 4.37 Å². The van der Waals surface area contributed by atoms with Gasteiger partial charge in [0.15, 0.2) is 25.5 Å². The van der Waals surface area contributed by atoms with Crippen molar-refractivity contribution in [2.75, 3.05) is 29.1 Å². The first-order valence-electron chi connectivity index (χ1n) is 6.73. The van der Waals surface area contributed by atoms with E-state index in [2.05, 4.69) is 9.69 Å². The predicted octanol–water partition coefficient (Wildman–Crippen LogP) is 0.508. The van der Waals surface area contributed by atoms with Gasteiger partial charge in [-0.15, -0.1) is 0 Å². The zero-order valence-electron chi connectivity index (χ0n) is 11.3. The van der Waals surface area contributed by atoms with Gasteiger partial charge in [0, 0.05) is 6.54 Å². The number of hydrogen-bond donors (Lipinski definition) is 2. The molecule has 1 saturated carbocycles. The highest BCUT2D eigenvalue weighted by Crippen LogP contribution is 2.41. The maximum Gasteiger partial charge on any atom is 0.187 e. The zero-order chi connectivity index (χ0) is 15.3. The van der Waals surface area contributed by atoms with E-state index in [9.17, 15) is 16.8 Å². The van der Waals surface area contributed by atoms with Crippen LogP contribution in [-0.4, -0.2) is 44.5 Å². The third-order valence-corrected chi connectivity index (χ3v) is 8.92. The van der Waals surface area contributed by atoms with Crippen LogP contribution in [0.15, 0.2) is 4.90 Å². The Morgan fingerprint density at radius 3 is 2.62 bits per heavy atom. The number of nitrogens with two attached hydrogens (primary N) is 1. The van der Waals surface area contributed by atoms with Crippen molar-refractivity contribution in [3.05, 3.63) is 0 Å². The lowest BCUT2D eigenvalue weighted by molar-refractivity contribution is 0.592. The highest BCUT2D eigenvalue weighted by atomic mass is 32.2. The molecule has 2 fully saturated rings. The topological polar surface area (TPSA) is 119 Å². The molecular formula is C11H17N3O4S3. The molecule has 3 N–H and O–H groups in total. The molecule has 7 nitrogen and oxygen atoms in total. The third kappa shape index (κ3) is 3.02. The molecule has 10 heteroatoms. The molecule has 1 aliphatic heterocycles. The Morgan fingerprint density at radius 2 is 2.05 bits per heavy atom. The quantitative estimate of drug-likeness (QED) is 0.793. The van der Waals surface area contributed by atoms with E-state index in [0.29, 0.717) is 30.8 Å². The summed E-state index contributed by atoms with van der Waals surface area (Å²) >= 11 is 1.02. The summed E-state index contributed by atoms with van der Waals surface area (Å²) in [5, 5.41) is 3.13. The first-order chi connectivity index (χ1) is 9.79. The molecule has 0 bridgehead atoms. The van der Waals surface area contributed by atoms with Crippen molar-refractivity contribution >= 4 is 42.0 Å². The maximum absolute atomic E-state index is 12.3. The summed E-state index contributed by atoms with van der Waals surface area (Å²) in [5.41, 5.74) is 5.70. The van der Waals surface area contributed by atoms with Gasteiger partial charge in [0.05, 0.1) is 16.8 Å². The molecule has 118 valence electrons. The Labute approximate surface area is 127 Å². The molecule has 0 radical (unpaired) electrons. The molecule has 1 saturated heterocycles. The van der Waals surface area contributed by atoms with E-state index in [0.717, 1.165) is 11.5 Å². The first-order valence-corrected chi connectivity index (χ1v) is 10.9. The summed E-state index contributed by atoms with van der Waals surface area (Å²) < 4.78 is 51.5. The van der Waals surface area contributed by atoms with Gasteiger partial charge in [0.1, 0.15) is 9.90 Å². The van der Waals surface area contributed by atoms with Crippen LogP contribution in [0.1, 0.15) is 19.3 Å². The minimum atomic E-state index is -3.41. The van der Waals surface area contributed by atoms with Crippen molar-refractivity contribution in [2.45, 2.75) is 29.4 Å². The minimum Gasteiger partial charge on any atom is -0.382 e. The van der Waals surface area contributed by atoms with E-state index in [-0.39, 0.29) is 33.4 Å². The zero-order valence-corrected chi connectivity index (χ0v) is 13.7. The van der Waals surface area contributed by atoms with E-state index >= 15 is 0 Å². The van der Waals surface area contributed by atoms with Crippen LogP contribution in [0.3, 0.4) is 0 Å². The Morgan fingerprint density at radius 1 is 1.33 bits per heavy atom. The van der Waals surface area contributed by atoms with Crippen LogP contribution in [0.25, 0.3) is 0 Å². The maximum atomic E-state index is 12.3. The van der Waals surface area contributed by atoms with Gasteiger partial charge in [0.25, 0.3) is 0 Å². The number of nitrogens with one attached hydrogen (secondary N) is 1. The Balaban J connectivity index is 1.75. The van der Waals surface area contributed by atoms with E-state index < -0.39 is 19.7 Å². The van der Waals surface area contributed by atoms with Crippen molar-refractivity contribution < 1.29 is 16.8 Å². The van der Waals surface area contributed by atoms with Gasteiger partial charge in [-0.2, -0.15) is 4.37 Å². The minimum absolute atomic E-state index is 0.00908. The Hall–Kier alpha value is -0.870. The van der Waals surface area contributed by atoms with Crippen LogP contribution in [0.5, 0.6) is 0 Å². The molecule has 2 heterocycles. The number of anilines is 2. The first kappa shape index (κ1) is 15.0. The van der Waals surface area contributed by atoms with E-state index in [4.69, 9.17) is 5.73 Å². The van der Waals surface area contributed by atoms with Crippen molar-refractivity contribution in [3.8, 4) is 0 Å². The predicted molar refractivity (Wildman–Crippen MR) is 82.0 cm³/mol. The molecule has 0 aromatic carbocycles. The summed E-state index contributed by atoms with van der Waals surface area (Å²) in [6.45, 7) is 0.425. The molecule has 1 atom stereocenters. The lowest BCUT2D eigenvalue weighted by atomic mass is 10.1. The van der Waals surface area contributed by atoms with E-state index in [1.807, 2.05) is 0 Å². The molecule has 2 aliphatic rings. The standard InChI is InChI=1S/C11H17N3O4S3/c12-10-9(21(17,18)8-1-2-8)11(19-14-10)13-5-7-3-4-20(15,16)6-7/h7-8,13H,1-6H2,(H2,12,14). The monoisotopic (exact) mass is 351 g/mol. The summed E-state index contributed by atoms with van der Waals surface area (Å²) in [5.74, 6) is 0.402. The second-order valence-electron chi connectivity index (χ2n) is 5.62. The molecule has 0 spiro atoms. The third-order valence-electron chi connectivity index (χ3n) is 3.80. The van der Waals surface area contributed by atoms with Gasteiger partial charge >= 0.3 is 0 Å². The van der Waals surface area contributed by atoms with Gasteiger partial charge < -0.3 is 11.1 Å². The molecule has 1 aromatic rings. The lowest BCUT2D eigenvalue weighted by Crippen LogP contribution is -2.17. The van der Waals surface area contributed by atoms with Gasteiger partial charge in [-0.25, -0.2) is 16.8 Å². The summed E-state index contributed by atoms with van der Waals surface area (Å²) in [6.07, 6.45) is 1.93. The van der Waals surface area contributed by atoms with Gasteiger partial charge in [-0.3, -0.25) is 0 Å². The Kier molecular flexibility index (Phi) is 3.65.